The quantitative estimate of drug-likeness (QED) is 0.914. The zero-order valence-electron chi connectivity index (χ0n) is 9.73. The van der Waals surface area contributed by atoms with E-state index in [1.165, 1.54) is 0 Å². The summed E-state index contributed by atoms with van der Waals surface area (Å²) in [5, 5.41) is 0.641. The van der Waals surface area contributed by atoms with Gasteiger partial charge in [-0.1, -0.05) is 17.7 Å². The SMILES string of the molecule is CC(N)c1cccnc1Oc1ccc(Cl)cc1Br. The van der Waals surface area contributed by atoms with Gasteiger partial charge in [0, 0.05) is 22.8 Å². The highest BCUT2D eigenvalue weighted by Crippen LogP contribution is 2.33. The van der Waals surface area contributed by atoms with Crippen LogP contribution in [0.4, 0.5) is 0 Å². The summed E-state index contributed by atoms with van der Waals surface area (Å²) in [6, 6.07) is 8.91. The number of nitrogens with two attached hydrogens (primary N) is 1. The molecule has 0 aliphatic heterocycles. The van der Waals surface area contributed by atoms with Gasteiger partial charge in [0.25, 0.3) is 0 Å². The molecule has 18 heavy (non-hydrogen) atoms. The van der Waals surface area contributed by atoms with Crippen molar-refractivity contribution in [2.24, 2.45) is 5.73 Å². The van der Waals surface area contributed by atoms with Crippen LogP contribution < -0.4 is 10.5 Å². The first-order chi connectivity index (χ1) is 8.58. The highest BCUT2D eigenvalue weighted by molar-refractivity contribution is 9.10. The molecule has 1 unspecified atom stereocenters. The normalized spacial score (nSPS) is 12.2. The van der Waals surface area contributed by atoms with Crippen LogP contribution in [0.25, 0.3) is 0 Å². The number of benzene rings is 1. The Hall–Kier alpha value is -1.10. The van der Waals surface area contributed by atoms with E-state index in [1.54, 1.807) is 24.4 Å². The topological polar surface area (TPSA) is 48.1 Å². The third kappa shape index (κ3) is 3.02. The van der Waals surface area contributed by atoms with Crippen molar-refractivity contribution in [2.75, 3.05) is 0 Å². The Labute approximate surface area is 119 Å². The molecule has 1 atom stereocenters. The fourth-order valence-electron chi connectivity index (χ4n) is 1.50. The van der Waals surface area contributed by atoms with Gasteiger partial charge >= 0.3 is 0 Å². The Kier molecular flexibility index (Phi) is 4.22. The first-order valence-corrected chi connectivity index (χ1v) is 6.58. The molecule has 0 saturated heterocycles. The fourth-order valence-corrected chi connectivity index (χ4v) is 2.26. The molecule has 0 fully saturated rings. The van der Waals surface area contributed by atoms with Gasteiger partial charge in [-0.05, 0) is 47.1 Å². The number of hydrogen-bond donors (Lipinski definition) is 1. The molecular weight excluding hydrogens is 316 g/mol. The summed E-state index contributed by atoms with van der Waals surface area (Å²) in [5.74, 6) is 1.16. The Bertz CT molecular complexity index is 560. The van der Waals surface area contributed by atoms with Crippen molar-refractivity contribution in [3.05, 3.63) is 51.6 Å². The summed E-state index contributed by atoms with van der Waals surface area (Å²) in [6.07, 6.45) is 1.67. The monoisotopic (exact) mass is 326 g/mol. The molecule has 2 N–H and O–H groups in total. The van der Waals surface area contributed by atoms with Crippen LogP contribution in [0.2, 0.25) is 5.02 Å². The third-order valence-electron chi connectivity index (χ3n) is 2.39. The molecule has 0 aliphatic rings. The van der Waals surface area contributed by atoms with E-state index in [0.29, 0.717) is 16.7 Å². The molecule has 0 aliphatic carbocycles. The van der Waals surface area contributed by atoms with Crippen LogP contribution in [0.5, 0.6) is 11.6 Å². The second-order valence-corrected chi connectivity index (χ2v) is 5.15. The molecule has 2 aromatic rings. The average Bonchev–Trinajstić information content (AvgIpc) is 2.33. The predicted molar refractivity (Wildman–Crippen MR) is 76.1 cm³/mol. The lowest BCUT2D eigenvalue weighted by molar-refractivity contribution is 0.449. The molecule has 0 spiro atoms. The van der Waals surface area contributed by atoms with Crippen LogP contribution in [-0.4, -0.2) is 4.98 Å². The minimum atomic E-state index is -0.139. The van der Waals surface area contributed by atoms with Gasteiger partial charge in [0.2, 0.25) is 5.88 Å². The molecular formula is C13H12BrClN2O. The first kappa shape index (κ1) is 13.3. The Morgan fingerprint density at radius 2 is 2.17 bits per heavy atom. The number of rotatable bonds is 3. The predicted octanol–water partition coefficient (Wildman–Crippen LogP) is 4.31. The summed E-state index contributed by atoms with van der Waals surface area (Å²) in [4.78, 5) is 4.20. The molecule has 0 bridgehead atoms. The van der Waals surface area contributed by atoms with E-state index < -0.39 is 0 Å². The molecule has 94 valence electrons. The van der Waals surface area contributed by atoms with Gasteiger partial charge in [-0.15, -0.1) is 0 Å². The third-order valence-corrected chi connectivity index (χ3v) is 3.25. The molecule has 1 heterocycles. The highest BCUT2D eigenvalue weighted by atomic mass is 79.9. The van der Waals surface area contributed by atoms with Crippen molar-refractivity contribution >= 4 is 27.5 Å². The van der Waals surface area contributed by atoms with Gasteiger partial charge in [0.15, 0.2) is 0 Å². The molecule has 0 radical (unpaired) electrons. The molecule has 1 aromatic heterocycles. The smallest absolute Gasteiger partial charge is 0.224 e. The van der Waals surface area contributed by atoms with Gasteiger partial charge in [-0.3, -0.25) is 0 Å². The number of hydrogen-bond acceptors (Lipinski definition) is 3. The van der Waals surface area contributed by atoms with Gasteiger partial charge in [0.1, 0.15) is 5.75 Å². The van der Waals surface area contributed by atoms with E-state index in [4.69, 9.17) is 22.1 Å². The average molecular weight is 328 g/mol. The zero-order chi connectivity index (χ0) is 13.1. The van der Waals surface area contributed by atoms with Crippen molar-refractivity contribution in [3.63, 3.8) is 0 Å². The number of ether oxygens (including phenoxy) is 1. The number of halogens is 2. The standard InChI is InChI=1S/C13H12BrClN2O/c1-8(16)10-3-2-6-17-13(10)18-12-5-4-9(15)7-11(12)14/h2-8H,16H2,1H3. The van der Waals surface area contributed by atoms with E-state index in [2.05, 4.69) is 20.9 Å². The lowest BCUT2D eigenvalue weighted by Crippen LogP contribution is -2.07. The molecule has 0 amide bonds. The molecule has 0 saturated carbocycles. The largest absolute Gasteiger partial charge is 0.437 e. The van der Waals surface area contributed by atoms with Crippen molar-refractivity contribution in [2.45, 2.75) is 13.0 Å². The van der Waals surface area contributed by atoms with Crippen LogP contribution in [0, 0.1) is 0 Å². The summed E-state index contributed by atoms with van der Waals surface area (Å²) in [5.41, 5.74) is 6.74. The maximum Gasteiger partial charge on any atom is 0.224 e. The minimum Gasteiger partial charge on any atom is -0.437 e. The zero-order valence-corrected chi connectivity index (χ0v) is 12.1. The van der Waals surface area contributed by atoms with Gasteiger partial charge in [0.05, 0.1) is 4.47 Å². The van der Waals surface area contributed by atoms with Gasteiger partial charge in [-0.25, -0.2) is 4.98 Å². The first-order valence-electron chi connectivity index (χ1n) is 5.41. The van der Waals surface area contributed by atoms with Crippen molar-refractivity contribution in [1.82, 2.24) is 4.98 Å². The van der Waals surface area contributed by atoms with E-state index in [9.17, 15) is 0 Å². The second-order valence-electron chi connectivity index (χ2n) is 3.86. The lowest BCUT2D eigenvalue weighted by atomic mass is 10.1. The Morgan fingerprint density at radius 1 is 1.39 bits per heavy atom. The summed E-state index contributed by atoms with van der Waals surface area (Å²) >= 11 is 9.28. The van der Waals surface area contributed by atoms with Crippen molar-refractivity contribution in [3.8, 4) is 11.6 Å². The van der Waals surface area contributed by atoms with Crippen LogP contribution in [-0.2, 0) is 0 Å². The van der Waals surface area contributed by atoms with E-state index in [1.807, 2.05) is 19.1 Å². The number of aromatic nitrogens is 1. The van der Waals surface area contributed by atoms with E-state index in [-0.39, 0.29) is 6.04 Å². The van der Waals surface area contributed by atoms with Gasteiger partial charge in [-0.2, -0.15) is 0 Å². The van der Waals surface area contributed by atoms with Crippen LogP contribution in [0.1, 0.15) is 18.5 Å². The Morgan fingerprint density at radius 3 is 2.83 bits per heavy atom. The minimum absolute atomic E-state index is 0.139. The lowest BCUT2D eigenvalue weighted by Gasteiger charge is -2.13. The molecule has 2 rings (SSSR count). The second kappa shape index (κ2) is 5.69. The fraction of sp³-hybridized carbons (Fsp3) is 0.154. The van der Waals surface area contributed by atoms with Crippen LogP contribution in [0.3, 0.4) is 0 Å². The number of nitrogens with zero attached hydrogens (tertiary/aromatic N) is 1. The molecule has 1 aromatic carbocycles. The Balaban J connectivity index is 2.34. The molecule has 3 nitrogen and oxygen atoms in total. The molecule has 5 heteroatoms. The maximum atomic E-state index is 5.88. The van der Waals surface area contributed by atoms with Crippen molar-refractivity contribution in [1.29, 1.82) is 0 Å². The van der Waals surface area contributed by atoms with Gasteiger partial charge < -0.3 is 10.5 Å². The maximum absolute atomic E-state index is 5.88. The van der Waals surface area contributed by atoms with Crippen LogP contribution in [0.15, 0.2) is 41.0 Å². The highest BCUT2D eigenvalue weighted by Gasteiger charge is 2.11. The van der Waals surface area contributed by atoms with Crippen molar-refractivity contribution < 1.29 is 4.74 Å². The summed E-state index contributed by atoms with van der Waals surface area (Å²) < 4.78 is 6.53. The van der Waals surface area contributed by atoms with Crippen LogP contribution >= 0.6 is 27.5 Å². The van der Waals surface area contributed by atoms with E-state index in [0.717, 1.165) is 10.0 Å². The van der Waals surface area contributed by atoms with E-state index >= 15 is 0 Å². The summed E-state index contributed by atoms with van der Waals surface area (Å²) in [6.45, 7) is 1.89. The summed E-state index contributed by atoms with van der Waals surface area (Å²) in [7, 11) is 0. The number of pyridine rings is 1.